The van der Waals surface area contributed by atoms with E-state index < -0.39 is 16.1 Å². The molecule has 0 aliphatic carbocycles. The molecule has 0 aromatic heterocycles. The minimum Gasteiger partial charge on any atom is -0.493 e. The predicted molar refractivity (Wildman–Crippen MR) is 114 cm³/mol. The van der Waals surface area contributed by atoms with Crippen molar-refractivity contribution >= 4 is 21.6 Å². The number of aryl methyl sites for hydroxylation is 1. The van der Waals surface area contributed by atoms with E-state index in [1.54, 1.807) is 26.4 Å². The minimum absolute atomic E-state index is 0.0719. The van der Waals surface area contributed by atoms with Gasteiger partial charge in [0.1, 0.15) is 5.75 Å². The molecule has 3 rings (SSSR count). The summed E-state index contributed by atoms with van der Waals surface area (Å²) in [5.41, 5.74) is 2.33. The molecule has 1 N–H and O–H groups in total. The Kier molecular flexibility index (Phi) is 6.40. The maximum absolute atomic E-state index is 12.7. The Bertz CT molecular complexity index is 1040. The van der Waals surface area contributed by atoms with E-state index in [4.69, 9.17) is 14.2 Å². The van der Waals surface area contributed by atoms with Gasteiger partial charge in [-0.2, -0.15) is 0 Å². The van der Waals surface area contributed by atoms with Gasteiger partial charge in [0.05, 0.1) is 32.7 Å². The molecule has 30 heavy (non-hydrogen) atoms. The first-order valence-electron chi connectivity index (χ1n) is 9.46. The van der Waals surface area contributed by atoms with Gasteiger partial charge in [0, 0.05) is 6.54 Å². The Hall–Kier alpha value is -2.94. The molecular formula is C21H26N2O6S. The molecular weight excluding hydrogens is 408 g/mol. The average Bonchev–Trinajstić information content (AvgIpc) is 2.71. The maximum atomic E-state index is 12.7. The zero-order valence-electron chi connectivity index (χ0n) is 17.5. The molecule has 0 saturated heterocycles. The third-order valence-corrected chi connectivity index (χ3v) is 5.98. The molecule has 1 heterocycles. The summed E-state index contributed by atoms with van der Waals surface area (Å²) in [6, 6.07) is 10.8. The van der Waals surface area contributed by atoms with Crippen LogP contribution in [0.15, 0.2) is 36.4 Å². The van der Waals surface area contributed by atoms with Gasteiger partial charge in [-0.25, -0.2) is 8.42 Å². The van der Waals surface area contributed by atoms with E-state index in [2.05, 4.69) is 5.32 Å². The lowest BCUT2D eigenvalue weighted by molar-refractivity contribution is -0.127. The Morgan fingerprint density at radius 2 is 1.90 bits per heavy atom. The van der Waals surface area contributed by atoms with Crippen molar-refractivity contribution in [2.45, 2.75) is 19.4 Å². The van der Waals surface area contributed by atoms with Crippen LogP contribution in [-0.4, -0.2) is 54.0 Å². The van der Waals surface area contributed by atoms with Crippen LogP contribution in [-0.2, 0) is 21.2 Å². The van der Waals surface area contributed by atoms with E-state index in [1.165, 1.54) is 4.31 Å². The van der Waals surface area contributed by atoms with E-state index >= 15 is 0 Å². The van der Waals surface area contributed by atoms with Crippen molar-refractivity contribution in [3.05, 3.63) is 47.5 Å². The van der Waals surface area contributed by atoms with E-state index in [0.717, 1.165) is 17.4 Å². The summed E-state index contributed by atoms with van der Waals surface area (Å²) in [7, 11) is -0.416. The summed E-state index contributed by atoms with van der Waals surface area (Å²) in [6.07, 6.45) is 0.765. The molecule has 1 aliphatic rings. The number of nitrogens with zero attached hydrogens (tertiary/aromatic N) is 1. The number of methoxy groups -OCH3 is 2. The highest BCUT2D eigenvalue weighted by atomic mass is 32.2. The van der Waals surface area contributed by atoms with Gasteiger partial charge in [-0.15, -0.1) is 0 Å². The third kappa shape index (κ3) is 4.79. The lowest BCUT2D eigenvalue weighted by Gasteiger charge is -2.34. The highest BCUT2D eigenvalue weighted by molar-refractivity contribution is 7.92. The van der Waals surface area contributed by atoms with Crippen LogP contribution in [0.1, 0.15) is 11.1 Å². The standard InChI is InChI=1S/C21H26N2O6S/c1-14-5-7-17-16(11-14)23(30(4,25)26)13-20(29-17)21(24)22-10-9-15-6-8-18(27-2)19(12-15)28-3/h5-8,11-12,20H,9-10,13H2,1-4H3,(H,22,24)/t20-/m1/s1. The highest BCUT2D eigenvalue weighted by Gasteiger charge is 2.34. The van der Waals surface area contributed by atoms with E-state index in [1.807, 2.05) is 31.2 Å². The van der Waals surface area contributed by atoms with Crippen molar-refractivity contribution in [3.63, 3.8) is 0 Å². The second-order valence-corrected chi connectivity index (χ2v) is 9.01. The number of carbonyl (C=O) groups is 1. The summed E-state index contributed by atoms with van der Waals surface area (Å²) in [4.78, 5) is 12.7. The van der Waals surface area contributed by atoms with Crippen molar-refractivity contribution in [2.75, 3.05) is 37.9 Å². The molecule has 2 aromatic carbocycles. The van der Waals surface area contributed by atoms with Crippen LogP contribution in [0.25, 0.3) is 0 Å². The molecule has 8 nitrogen and oxygen atoms in total. The Labute approximate surface area is 176 Å². The molecule has 0 spiro atoms. The van der Waals surface area contributed by atoms with E-state index in [9.17, 15) is 13.2 Å². The zero-order valence-corrected chi connectivity index (χ0v) is 18.3. The van der Waals surface area contributed by atoms with E-state index in [0.29, 0.717) is 35.9 Å². The number of hydrogen-bond donors (Lipinski definition) is 1. The lowest BCUT2D eigenvalue weighted by atomic mass is 10.1. The van der Waals surface area contributed by atoms with Gasteiger partial charge < -0.3 is 19.5 Å². The summed E-state index contributed by atoms with van der Waals surface area (Å²) >= 11 is 0. The lowest BCUT2D eigenvalue weighted by Crippen LogP contribution is -2.50. The predicted octanol–water partition coefficient (Wildman–Crippen LogP) is 1.90. The number of rotatable bonds is 7. The topological polar surface area (TPSA) is 94.2 Å². The maximum Gasteiger partial charge on any atom is 0.263 e. The first kappa shape index (κ1) is 21.8. The van der Waals surface area contributed by atoms with Crippen LogP contribution < -0.4 is 23.8 Å². The van der Waals surface area contributed by atoms with Crippen molar-refractivity contribution in [3.8, 4) is 17.2 Å². The fraction of sp³-hybridized carbons (Fsp3) is 0.381. The quantitative estimate of drug-likeness (QED) is 0.715. The van der Waals surface area contributed by atoms with Crippen molar-refractivity contribution in [1.29, 1.82) is 0 Å². The number of fused-ring (bicyclic) bond motifs is 1. The number of hydrogen-bond acceptors (Lipinski definition) is 6. The van der Waals surface area contributed by atoms with Crippen molar-refractivity contribution in [1.82, 2.24) is 5.32 Å². The third-order valence-electron chi connectivity index (χ3n) is 4.84. The van der Waals surface area contributed by atoms with Crippen LogP contribution in [0.3, 0.4) is 0 Å². The molecule has 162 valence electrons. The summed E-state index contributed by atoms with van der Waals surface area (Å²) < 4.78 is 42.0. The molecule has 0 unspecified atom stereocenters. The Morgan fingerprint density at radius 3 is 2.57 bits per heavy atom. The number of carbonyl (C=O) groups excluding carboxylic acids is 1. The van der Waals surface area contributed by atoms with Gasteiger partial charge in [0.25, 0.3) is 5.91 Å². The van der Waals surface area contributed by atoms with Crippen LogP contribution >= 0.6 is 0 Å². The van der Waals surface area contributed by atoms with Crippen LogP contribution in [0, 0.1) is 6.92 Å². The first-order chi connectivity index (χ1) is 14.2. The highest BCUT2D eigenvalue weighted by Crippen LogP contribution is 2.35. The van der Waals surface area contributed by atoms with Gasteiger partial charge in [0.15, 0.2) is 17.6 Å². The van der Waals surface area contributed by atoms with E-state index in [-0.39, 0.29) is 12.5 Å². The Morgan fingerprint density at radius 1 is 1.17 bits per heavy atom. The number of amides is 1. The molecule has 0 fully saturated rings. The summed E-state index contributed by atoms with van der Waals surface area (Å²) in [6.45, 7) is 2.17. The normalized spacial score (nSPS) is 15.7. The molecule has 2 aromatic rings. The molecule has 9 heteroatoms. The second-order valence-electron chi connectivity index (χ2n) is 7.10. The second kappa shape index (κ2) is 8.83. The van der Waals surface area contributed by atoms with Crippen molar-refractivity contribution < 1.29 is 27.4 Å². The number of anilines is 1. The smallest absolute Gasteiger partial charge is 0.263 e. The van der Waals surface area contributed by atoms with Gasteiger partial charge in [-0.1, -0.05) is 12.1 Å². The summed E-state index contributed by atoms with van der Waals surface area (Å²) in [5.74, 6) is 1.26. The zero-order chi connectivity index (χ0) is 21.9. The number of ether oxygens (including phenoxy) is 3. The van der Waals surface area contributed by atoms with Crippen LogP contribution in [0.2, 0.25) is 0 Å². The SMILES string of the molecule is COc1ccc(CCNC(=O)[C@H]2CN(S(C)(=O)=O)c3cc(C)ccc3O2)cc1OC. The van der Waals surface area contributed by atoms with Crippen LogP contribution in [0.4, 0.5) is 5.69 Å². The largest absolute Gasteiger partial charge is 0.493 e. The molecule has 0 radical (unpaired) electrons. The fourth-order valence-electron chi connectivity index (χ4n) is 3.29. The van der Waals surface area contributed by atoms with Gasteiger partial charge >= 0.3 is 0 Å². The number of benzene rings is 2. The van der Waals surface area contributed by atoms with Gasteiger partial charge in [0.2, 0.25) is 10.0 Å². The molecule has 1 atom stereocenters. The first-order valence-corrected chi connectivity index (χ1v) is 11.3. The fourth-order valence-corrected chi connectivity index (χ4v) is 4.20. The van der Waals surface area contributed by atoms with Gasteiger partial charge in [-0.3, -0.25) is 9.10 Å². The monoisotopic (exact) mass is 434 g/mol. The Balaban J connectivity index is 1.67. The summed E-state index contributed by atoms with van der Waals surface area (Å²) in [5, 5.41) is 2.82. The molecule has 1 amide bonds. The molecule has 1 aliphatic heterocycles. The van der Waals surface area contributed by atoms with Crippen LogP contribution in [0.5, 0.6) is 17.2 Å². The van der Waals surface area contributed by atoms with Gasteiger partial charge in [-0.05, 0) is 48.7 Å². The average molecular weight is 435 g/mol. The number of sulfonamides is 1. The minimum atomic E-state index is -3.55. The number of nitrogens with one attached hydrogen (secondary N) is 1. The molecule has 0 saturated carbocycles. The molecule has 0 bridgehead atoms. The van der Waals surface area contributed by atoms with Crippen molar-refractivity contribution in [2.24, 2.45) is 0 Å².